The summed E-state index contributed by atoms with van der Waals surface area (Å²) < 4.78 is 2.35. The summed E-state index contributed by atoms with van der Waals surface area (Å²) >= 11 is 6.49. The Bertz CT molecular complexity index is 627. The van der Waals surface area contributed by atoms with E-state index in [1.54, 1.807) is 11.0 Å². The van der Waals surface area contributed by atoms with Crippen LogP contribution < -0.4 is 5.32 Å². The number of nitrogens with one attached hydrogen (secondary N) is 2. The van der Waals surface area contributed by atoms with E-state index in [-0.39, 0.29) is 5.91 Å². The van der Waals surface area contributed by atoms with Gasteiger partial charge in [-0.15, -0.1) is 11.3 Å². The number of H-pyrrole nitrogens is 1. The van der Waals surface area contributed by atoms with Gasteiger partial charge in [-0.25, -0.2) is 4.98 Å². The SMILES string of the molecule is Cc1[nH]c(=S)sc1CC(=O)NCCc1ncn(C)n1. The Labute approximate surface area is 119 Å². The molecule has 0 radical (unpaired) electrons. The summed E-state index contributed by atoms with van der Waals surface area (Å²) in [5.41, 5.74) is 0.969. The van der Waals surface area contributed by atoms with Gasteiger partial charge in [0.2, 0.25) is 5.91 Å². The van der Waals surface area contributed by atoms with E-state index < -0.39 is 0 Å². The summed E-state index contributed by atoms with van der Waals surface area (Å²) in [5, 5.41) is 7.00. The molecule has 0 aliphatic carbocycles. The van der Waals surface area contributed by atoms with Crippen LogP contribution in [0.1, 0.15) is 16.4 Å². The third kappa shape index (κ3) is 3.97. The van der Waals surface area contributed by atoms with Crippen molar-refractivity contribution >= 4 is 29.5 Å². The quantitative estimate of drug-likeness (QED) is 0.812. The van der Waals surface area contributed by atoms with Gasteiger partial charge in [-0.3, -0.25) is 9.48 Å². The molecule has 0 aromatic carbocycles. The highest BCUT2D eigenvalue weighted by Gasteiger charge is 2.08. The predicted molar refractivity (Wildman–Crippen MR) is 75.7 cm³/mol. The molecule has 2 N–H and O–H groups in total. The van der Waals surface area contributed by atoms with Crippen molar-refractivity contribution in [3.05, 3.63) is 26.7 Å². The van der Waals surface area contributed by atoms with E-state index in [1.807, 2.05) is 14.0 Å². The van der Waals surface area contributed by atoms with Crippen LogP contribution in [-0.2, 0) is 24.7 Å². The van der Waals surface area contributed by atoms with Gasteiger partial charge in [-0.1, -0.05) is 0 Å². The third-order valence-corrected chi connectivity index (χ3v) is 3.90. The van der Waals surface area contributed by atoms with Crippen molar-refractivity contribution in [3.8, 4) is 0 Å². The van der Waals surface area contributed by atoms with Gasteiger partial charge in [0.1, 0.15) is 6.33 Å². The zero-order valence-electron chi connectivity index (χ0n) is 10.8. The second-order valence-electron chi connectivity index (χ2n) is 4.17. The lowest BCUT2D eigenvalue weighted by Gasteiger charge is -2.02. The topological polar surface area (TPSA) is 75.6 Å². The lowest BCUT2D eigenvalue weighted by atomic mass is 10.3. The molecule has 2 rings (SSSR count). The average molecular weight is 297 g/mol. The maximum absolute atomic E-state index is 11.8. The number of aromatic nitrogens is 4. The van der Waals surface area contributed by atoms with Crippen LogP contribution in [0.3, 0.4) is 0 Å². The number of thiazole rings is 1. The van der Waals surface area contributed by atoms with Crippen LogP contribution in [0.4, 0.5) is 0 Å². The first kappa shape index (κ1) is 13.9. The first-order chi connectivity index (χ1) is 9.04. The molecule has 8 heteroatoms. The Morgan fingerprint density at radius 2 is 2.42 bits per heavy atom. The fourth-order valence-corrected chi connectivity index (χ4v) is 2.92. The number of amides is 1. The van der Waals surface area contributed by atoms with Crippen LogP contribution in [0.2, 0.25) is 0 Å². The summed E-state index contributed by atoms with van der Waals surface area (Å²) in [7, 11) is 1.82. The van der Waals surface area contributed by atoms with Crippen molar-refractivity contribution in [1.82, 2.24) is 25.1 Å². The van der Waals surface area contributed by atoms with Gasteiger partial charge in [0.15, 0.2) is 9.78 Å². The Balaban J connectivity index is 1.79. The van der Waals surface area contributed by atoms with Gasteiger partial charge < -0.3 is 10.3 Å². The Hall–Kier alpha value is -1.54. The highest BCUT2D eigenvalue weighted by Crippen LogP contribution is 2.14. The summed E-state index contributed by atoms with van der Waals surface area (Å²) in [6.07, 6.45) is 2.64. The van der Waals surface area contributed by atoms with Crippen LogP contribution in [-0.4, -0.2) is 32.2 Å². The summed E-state index contributed by atoms with van der Waals surface area (Å²) in [6, 6.07) is 0. The van der Waals surface area contributed by atoms with Crippen LogP contribution in [0.15, 0.2) is 6.33 Å². The number of carbonyl (C=O) groups excluding carboxylic acids is 1. The summed E-state index contributed by atoms with van der Waals surface area (Å²) in [5.74, 6) is 0.723. The molecule has 2 aromatic heterocycles. The highest BCUT2D eigenvalue weighted by molar-refractivity contribution is 7.73. The van der Waals surface area contributed by atoms with Crippen molar-refractivity contribution in [2.24, 2.45) is 7.05 Å². The van der Waals surface area contributed by atoms with Crippen LogP contribution in [0.25, 0.3) is 0 Å². The molecule has 0 unspecified atom stereocenters. The zero-order valence-corrected chi connectivity index (χ0v) is 12.4. The molecule has 6 nitrogen and oxygen atoms in total. The molecule has 2 aromatic rings. The minimum atomic E-state index is -0.00992. The van der Waals surface area contributed by atoms with Crippen molar-refractivity contribution in [3.63, 3.8) is 0 Å². The zero-order chi connectivity index (χ0) is 13.8. The van der Waals surface area contributed by atoms with Crippen LogP contribution >= 0.6 is 23.6 Å². The van der Waals surface area contributed by atoms with E-state index in [0.29, 0.717) is 23.3 Å². The molecule has 0 atom stereocenters. The average Bonchev–Trinajstić information content (AvgIpc) is 2.86. The van der Waals surface area contributed by atoms with E-state index in [4.69, 9.17) is 12.2 Å². The number of hydrogen-bond donors (Lipinski definition) is 2. The van der Waals surface area contributed by atoms with E-state index in [1.165, 1.54) is 11.3 Å². The molecule has 0 saturated carbocycles. The van der Waals surface area contributed by atoms with Gasteiger partial charge in [0.25, 0.3) is 0 Å². The van der Waals surface area contributed by atoms with Crippen LogP contribution in [0.5, 0.6) is 0 Å². The maximum Gasteiger partial charge on any atom is 0.225 e. The van der Waals surface area contributed by atoms with Gasteiger partial charge in [-0.05, 0) is 19.1 Å². The molecule has 102 valence electrons. The molecule has 19 heavy (non-hydrogen) atoms. The number of hydrogen-bond acceptors (Lipinski definition) is 5. The van der Waals surface area contributed by atoms with Crippen molar-refractivity contribution in [2.75, 3.05) is 6.54 Å². The minimum absolute atomic E-state index is 0.00992. The van der Waals surface area contributed by atoms with Crippen molar-refractivity contribution < 1.29 is 4.79 Å². The second kappa shape index (κ2) is 6.07. The molecule has 0 aliphatic heterocycles. The van der Waals surface area contributed by atoms with E-state index in [9.17, 15) is 4.79 Å². The minimum Gasteiger partial charge on any atom is -0.355 e. The molecule has 0 saturated heterocycles. The van der Waals surface area contributed by atoms with Crippen molar-refractivity contribution in [2.45, 2.75) is 19.8 Å². The molecular weight excluding hydrogens is 282 g/mol. The molecule has 0 aliphatic rings. The van der Waals surface area contributed by atoms with Gasteiger partial charge in [0, 0.05) is 30.6 Å². The molecule has 1 amide bonds. The molecule has 0 spiro atoms. The molecule has 2 heterocycles. The number of aromatic amines is 1. The Morgan fingerprint density at radius 3 is 3.00 bits per heavy atom. The smallest absolute Gasteiger partial charge is 0.225 e. The Morgan fingerprint density at radius 1 is 1.63 bits per heavy atom. The number of aryl methyl sites for hydroxylation is 2. The predicted octanol–water partition coefficient (Wildman–Crippen LogP) is 1.14. The fraction of sp³-hybridized carbons (Fsp3) is 0.455. The first-order valence-electron chi connectivity index (χ1n) is 5.84. The van der Waals surface area contributed by atoms with E-state index in [2.05, 4.69) is 20.4 Å². The van der Waals surface area contributed by atoms with Gasteiger partial charge in [-0.2, -0.15) is 5.10 Å². The van der Waals surface area contributed by atoms with Gasteiger partial charge in [0.05, 0.1) is 6.42 Å². The lowest BCUT2D eigenvalue weighted by Crippen LogP contribution is -2.27. The van der Waals surface area contributed by atoms with E-state index in [0.717, 1.165) is 16.4 Å². The molecule has 0 bridgehead atoms. The number of carbonyl (C=O) groups is 1. The van der Waals surface area contributed by atoms with Gasteiger partial charge >= 0.3 is 0 Å². The summed E-state index contributed by atoms with van der Waals surface area (Å²) in [4.78, 5) is 19.9. The van der Waals surface area contributed by atoms with Crippen LogP contribution in [0, 0.1) is 10.9 Å². The number of rotatable bonds is 5. The molecular formula is C11H15N5OS2. The highest BCUT2D eigenvalue weighted by atomic mass is 32.1. The third-order valence-electron chi connectivity index (χ3n) is 2.56. The maximum atomic E-state index is 11.8. The van der Waals surface area contributed by atoms with E-state index >= 15 is 0 Å². The normalized spacial score (nSPS) is 10.6. The standard InChI is InChI=1S/C11H15N5OS2/c1-7-8(19-11(18)14-7)5-10(17)12-4-3-9-13-6-16(2)15-9/h6H,3-5H2,1-2H3,(H,12,17)(H,14,18). The lowest BCUT2D eigenvalue weighted by molar-refractivity contribution is -0.120. The summed E-state index contributed by atoms with van der Waals surface area (Å²) in [6.45, 7) is 2.46. The molecule has 0 fully saturated rings. The van der Waals surface area contributed by atoms with Crippen molar-refractivity contribution in [1.29, 1.82) is 0 Å². The first-order valence-corrected chi connectivity index (χ1v) is 7.07. The monoisotopic (exact) mass is 297 g/mol. The number of nitrogens with zero attached hydrogens (tertiary/aromatic N) is 3. The largest absolute Gasteiger partial charge is 0.355 e. The Kier molecular flexibility index (Phi) is 4.43. The fourth-order valence-electron chi connectivity index (χ4n) is 1.63. The second-order valence-corrected chi connectivity index (χ2v) is 5.95.